The molecule has 0 radical (unpaired) electrons. The van der Waals surface area contributed by atoms with Crippen LogP contribution in [0, 0.1) is 0 Å². The first-order valence-corrected chi connectivity index (χ1v) is 7.46. The maximum Gasteiger partial charge on any atom is 0.0798 e. The van der Waals surface area contributed by atoms with Crippen LogP contribution in [0.5, 0.6) is 0 Å². The van der Waals surface area contributed by atoms with E-state index in [1.165, 1.54) is 24.9 Å². The average Bonchev–Trinajstić information content (AvgIpc) is 3.02. The predicted octanol–water partition coefficient (Wildman–Crippen LogP) is 1.77. The highest BCUT2D eigenvalue weighted by atomic mass is 16.3. The van der Waals surface area contributed by atoms with E-state index < -0.39 is 5.60 Å². The molecule has 0 spiro atoms. The number of aliphatic hydroxyl groups is 1. The van der Waals surface area contributed by atoms with Crippen molar-refractivity contribution in [3.05, 3.63) is 35.9 Å². The Morgan fingerprint density at radius 3 is 2.89 bits per heavy atom. The van der Waals surface area contributed by atoms with Crippen LogP contribution in [0.1, 0.15) is 31.2 Å². The lowest BCUT2D eigenvalue weighted by Gasteiger charge is -2.31. The molecular formula is C16H24N2O. The van der Waals surface area contributed by atoms with E-state index in [-0.39, 0.29) is 0 Å². The molecule has 3 heteroatoms. The summed E-state index contributed by atoms with van der Waals surface area (Å²) in [5.74, 6) is 0. The van der Waals surface area contributed by atoms with Crippen LogP contribution in [-0.4, -0.2) is 41.3 Å². The number of likely N-dealkylation sites (tertiary alicyclic amines) is 1. The Kier molecular flexibility index (Phi) is 3.87. The minimum atomic E-state index is -0.468. The maximum atomic E-state index is 10.5. The highest BCUT2D eigenvalue weighted by Crippen LogP contribution is 2.29. The molecule has 2 heterocycles. The van der Waals surface area contributed by atoms with Gasteiger partial charge in [-0.2, -0.15) is 0 Å². The number of nitrogens with one attached hydrogen (secondary N) is 1. The summed E-state index contributed by atoms with van der Waals surface area (Å²) in [6.07, 6.45) is 4.33. The summed E-state index contributed by atoms with van der Waals surface area (Å²) in [4.78, 5) is 2.55. The zero-order chi connectivity index (χ0) is 13.1. The van der Waals surface area contributed by atoms with Crippen LogP contribution in [0.3, 0.4) is 0 Å². The van der Waals surface area contributed by atoms with Gasteiger partial charge in [0.15, 0.2) is 0 Å². The number of hydrogen-bond donors (Lipinski definition) is 2. The van der Waals surface area contributed by atoms with Gasteiger partial charge in [-0.05, 0) is 44.3 Å². The average molecular weight is 260 g/mol. The Hall–Kier alpha value is -0.900. The van der Waals surface area contributed by atoms with Gasteiger partial charge < -0.3 is 10.4 Å². The number of nitrogens with zero attached hydrogens (tertiary/aromatic N) is 1. The predicted molar refractivity (Wildman–Crippen MR) is 76.9 cm³/mol. The fourth-order valence-corrected chi connectivity index (χ4v) is 3.50. The lowest BCUT2D eigenvalue weighted by Crippen LogP contribution is -2.40. The van der Waals surface area contributed by atoms with Gasteiger partial charge in [0.1, 0.15) is 0 Å². The van der Waals surface area contributed by atoms with Crippen molar-refractivity contribution in [2.24, 2.45) is 0 Å². The molecule has 2 aliphatic heterocycles. The van der Waals surface area contributed by atoms with Gasteiger partial charge in [-0.1, -0.05) is 30.3 Å². The molecule has 104 valence electrons. The molecule has 19 heavy (non-hydrogen) atoms. The Labute approximate surface area is 115 Å². The van der Waals surface area contributed by atoms with Gasteiger partial charge in [0.05, 0.1) is 5.60 Å². The standard InChI is InChI=1S/C16H24N2O/c19-16(8-9-17-13-16)11-15-7-4-10-18(15)12-14-5-2-1-3-6-14/h1-3,5-6,15,17,19H,4,7-13H2. The van der Waals surface area contributed by atoms with Crippen molar-refractivity contribution in [1.82, 2.24) is 10.2 Å². The van der Waals surface area contributed by atoms with Crippen molar-refractivity contribution < 1.29 is 5.11 Å². The van der Waals surface area contributed by atoms with Crippen molar-refractivity contribution in [1.29, 1.82) is 0 Å². The monoisotopic (exact) mass is 260 g/mol. The summed E-state index contributed by atoms with van der Waals surface area (Å²) < 4.78 is 0. The molecule has 0 saturated carbocycles. The van der Waals surface area contributed by atoms with E-state index in [0.29, 0.717) is 6.04 Å². The molecular weight excluding hydrogens is 236 g/mol. The zero-order valence-corrected chi connectivity index (χ0v) is 11.5. The van der Waals surface area contributed by atoms with Gasteiger partial charge in [0.2, 0.25) is 0 Å². The quantitative estimate of drug-likeness (QED) is 0.866. The van der Waals surface area contributed by atoms with Gasteiger partial charge in [0, 0.05) is 19.1 Å². The Balaban J connectivity index is 1.61. The summed E-state index contributed by atoms with van der Waals surface area (Å²) in [7, 11) is 0. The molecule has 3 nitrogen and oxygen atoms in total. The number of benzene rings is 1. The van der Waals surface area contributed by atoms with Crippen LogP contribution in [0.25, 0.3) is 0 Å². The van der Waals surface area contributed by atoms with Gasteiger partial charge in [-0.25, -0.2) is 0 Å². The first-order chi connectivity index (χ1) is 9.25. The molecule has 2 unspecified atom stereocenters. The van der Waals surface area contributed by atoms with Crippen molar-refractivity contribution in [3.8, 4) is 0 Å². The van der Waals surface area contributed by atoms with Crippen LogP contribution in [0.15, 0.2) is 30.3 Å². The molecule has 2 saturated heterocycles. The van der Waals surface area contributed by atoms with Crippen molar-refractivity contribution in [2.75, 3.05) is 19.6 Å². The summed E-state index contributed by atoms with van der Waals surface area (Å²) >= 11 is 0. The highest BCUT2D eigenvalue weighted by Gasteiger charge is 2.37. The van der Waals surface area contributed by atoms with E-state index in [0.717, 1.165) is 32.5 Å². The Morgan fingerprint density at radius 2 is 2.16 bits per heavy atom. The first kappa shape index (κ1) is 13.1. The molecule has 2 atom stereocenters. The molecule has 0 bridgehead atoms. The van der Waals surface area contributed by atoms with Gasteiger partial charge >= 0.3 is 0 Å². The Bertz CT molecular complexity index is 400. The lowest BCUT2D eigenvalue weighted by molar-refractivity contribution is 0.0255. The number of hydrogen-bond acceptors (Lipinski definition) is 3. The molecule has 1 aromatic rings. The topological polar surface area (TPSA) is 35.5 Å². The summed E-state index contributed by atoms with van der Waals surface area (Å²) in [6, 6.07) is 11.2. The van der Waals surface area contributed by atoms with E-state index in [4.69, 9.17) is 0 Å². The fourth-order valence-electron chi connectivity index (χ4n) is 3.50. The fraction of sp³-hybridized carbons (Fsp3) is 0.625. The SMILES string of the molecule is OC1(CC2CCCN2Cc2ccccc2)CCNC1. The van der Waals surface area contributed by atoms with E-state index in [9.17, 15) is 5.11 Å². The van der Waals surface area contributed by atoms with Crippen LogP contribution in [0.2, 0.25) is 0 Å². The third kappa shape index (κ3) is 3.16. The molecule has 0 aliphatic carbocycles. The number of β-amino-alcohol motifs (C(OH)–C–C–N with tert-alkyl or cyclic N) is 1. The van der Waals surface area contributed by atoms with Crippen LogP contribution >= 0.6 is 0 Å². The third-order valence-corrected chi connectivity index (χ3v) is 4.56. The van der Waals surface area contributed by atoms with E-state index in [2.05, 4.69) is 40.5 Å². The minimum absolute atomic E-state index is 0.468. The van der Waals surface area contributed by atoms with Crippen molar-refractivity contribution >= 4 is 0 Å². The maximum absolute atomic E-state index is 10.5. The van der Waals surface area contributed by atoms with Gasteiger partial charge in [-0.15, -0.1) is 0 Å². The second-order valence-electron chi connectivity index (χ2n) is 6.11. The van der Waals surface area contributed by atoms with E-state index in [1.54, 1.807) is 0 Å². The molecule has 0 aromatic heterocycles. The van der Waals surface area contributed by atoms with Crippen molar-refractivity contribution in [2.45, 2.75) is 43.9 Å². The van der Waals surface area contributed by atoms with Crippen LogP contribution < -0.4 is 5.32 Å². The molecule has 2 fully saturated rings. The molecule has 1 aromatic carbocycles. The van der Waals surface area contributed by atoms with Crippen LogP contribution in [0.4, 0.5) is 0 Å². The second kappa shape index (κ2) is 5.61. The summed E-state index contributed by atoms with van der Waals surface area (Å²) in [6.45, 7) is 3.92. The smallest absolute Gasteiger partial charge is 0.0798 e. The minimum Gasteiger partial charge on any atom is -0.388 e. The summed E-state index contributed by atoms with van der Waals surface area (Å²) in [5, 5.41) is 13.8. The Morgan fingerprint density at radius 1 is 1.32 bits per heavy atom. The molecule has 2 aliphatic rings. The third-order valence-electron chi connectivity index (χ3n) is 4.56. The normalized spacial score (nSPS) is 31.9. The lowest BCUT2D eigenvalue weighted by atomic mass is 9.92. The number of rotatable bonds is 4. The van der Waals surface area contributed by atoms with Gasteiger partial charge in [0.25, 0.3) is 0 Å². The molecule has 3 rings (SSSR count). The van der Waals surface area contributed by atoms with Gasteiger partial charge in [-0.3, -0.25) is 4.90 Å². The van der Waals surface area contributed by atoms with E-state index in [1.807, 2.05) is 0 Å². The molecule has 2 N–H and O–H groups in total. The molecule has 0 amide bonds. The largest absolute Gasteiger partial charge is 0.388 e. The van der Waals surface area contributed by atoms with E-state index >= 15 is 0 Å². The van der Waals surface area contributed by atoms with Crippen molar-refractivity contribution in [3.63, 3.8) is 0 Å². The first-order valence-electron chi connectivity index (χ1n) is 7.46. The zero-order valence-electron chi connectivity index (χ0n) is 11.5. The highest BCUT2D eigenvalue weighted by molar-refractivity contribution is 5.15. The summed E-state index contributed by atoms with van der Waals surface area (Å²) in [5.41, 5.74) is 0.912. The van der Waals surface area contributed by atoms with Crippen LogP contribution in [-0.2, 0) is 6.54 Å². The second-order valence-corrected chi connectivity index (χ2v) is 6.11.